The van der Waals surface area contributed by atoms with Crippen molar-refractivity contribution in [2.24, 2.45) is 0 Å². The van der Waals surface area contributed by atoms with Gasteiger partial charge in [-0.2, -0.15) is 0 Å². The van der Waals surface area contributed by atoms with E-state index >= 15 is 0 Å². The molecule has 0 bridgehead atoms. The number of nitrogens with zero attached hydrogens (tertiary/aromatic N) is 1. The summed E-state index contributed by atoms with van der Waals surface area (Å²) in [4.78, 5) is 16.5. The van der Waals surface area contributed by atoms with E-state index < -0.39 is 6.10 Å². The molecule has 0 aliphatic rings. The van der Waals surface area contributed by atoms with Crippen LogP contribution in [0.5, 0.6) is 5.75 Å². The molecule has 1 heterocycles. The normalized spacial score (nSPS) is 11.9. The van der Waals surface area contributed by atoms with E-state index in [9.17, 15) is 4.79 Å². The molecule has 3 aromatic rings. The van der Waals surface area contributed by atoms with Gasteiger partial charge in [-0.05, 0) is 29.5 Å². The molecule has 1 atom stereocenters. The Morgan fingerprint density at radius 2 is 1.96 bits per heavy atom. The minimum Gasteiger partial charge on any atom is -0.480 e. The number of pyridine rings is 1. The zero-order valence-corrected chi connectivity index (χ0v) is 13.6. The topological polar surface area (TPSA) is 51.2 Å². The molecule has 0 aliphatic carbocycles. The van der Waals surface area contributed by atoms with Gasteiger partial charge in [-0.15, -0.1) is 0 Å². The van der Waals surface area contributed by atoms with Gasteiger partial charge in [-0.25, -0.2) is 0 Å². The second kappa shape index (κ2) is 7.59. The average Bonchev–Trinajstić information content (AvgIpc) is 2.65. The number of benzene rings is 2. The maximum atomic E-state index is 12.4. The van der Waals surface area contributed by atoms with Crippen molar-refractivity contribution in [2.75, 3.05) is 0 Å². The number of ether oxygens (including phenoxy) is 1. The molecule has 4 heteroatoms. The van der Waals surface area contributed by atoms with Crippen LogP contribution in [0, 0.1) is 0 Å². The van der Waals surface area contributed by atoms with E-state index in [0.717, 1.165) is 22.1 Å². The third-order valence-electron chi connectivity index (χ3n) is 3.87. The van der Waals surface area contributed by atoms with Crippen LogP contribution in [-0.2, 0) is 11.3 Å². The Kier molecular flexibility index (Phi) is 5.06. The van der Waals surface area contributed by atoms with Gasteiger partial charge in [-0.3, -0.25) is 9.78 Å². The van der Waals surface area contributed by atoms with Crippen molar-refractivity contribution in [3.05, 3.63) is 72.6 Å². The van der Waals surface area contributed by atoms with Crippen LogP contribution in [0.4, 0.5) is 0 Å². The van der Waals surface area contributed by atoms with Crippen molar-refractivity contribution < 1.29 is 9.53 Å². The fourth-order valence-corrected chi connectivity index (χ4v) is 2.58. The summed E-state index contributed by atoms with van der Waals surface area (Å²) in [7, 11) is 0. The predicted octanol–water partition coefficient (Wildman–Crippen LogP) is 3.71. The molecule has 0 aliphatic heterocycles. The molecule has 0 unspecified atom stereocenters. The standard InChI is InChI=1S/C20H20N2O2/c1-2-18(20(23)22-14-15-7-6-12-21-13-15)24-19-11-5-9-16-8-3-4-10-17(16)19/h3-13,18H,2,14H2,1H3,(H,22,23)/t18-/m0/s1. The van der Waals surface area contributed by atoms with Crippen molar-refractivity contribution in [2.45, 2.75) is 26.0 Å². The summed E-state index contributed by atoms with van der Waals surface area (Å²) in [6, 6.07) is 17.7. The average molecular weight is 320 g/mol. The van der Waals surface area contributed by atoms with Crippen LogP contribution in [0.2, 0.25) is 0 Å². The van der Waals surface area contributed by atoms with Gasteiger partial charge in [0.05, 0.1) is 0 Å². The lowest BCUT2D eigenvalue weighted by Crippen LogP contribution is -2.37. The zero-order valence-electron chi connectivity index (χ0n) is 13.6. The van der Waals surface area contributed by atoms with Crippen LogP contribution in [0.15, 0.2) is 67.0 Å². The number of nitrogens with one attached hydrogen (secondary N) is 1. The monoisotopic (exact) mass is 320 g/mol. The number of fused-ring (bicyclic) bond motifs is 1. The van der Waals surface area contributed by atoms with Gasteiger partial charge in [-0.1, -0.05) is 49.4 Å². The van der Waals surface area contributed by atoms with Crippen LogP contribution in [-0.4, -0.2) is 17.0 Å². The third kappa shape index (κ3) is 3.71. The van der Waals surface area contributed by atoms with Crippen molar-refractivity contribution in [1.82, 2.24) is 10.3 Å². The first-order chi connectivity index (χ1) is 11.8. The van der Waals surface area contributed by atoms with Gasteiger partial charge in [0.2, 0.25) is 0 Å². The summed E-state index contributed by atoms with van der Waals surface area (Å²) in [5, 5.41) is 5.02. The highest BCUT2D eigenvalue weighted by Gasteiger charge is 2.19. The number of hydrogen-bond acceptors (Lipinski definition) is 3. The lowest BCUT2D eigenvalue weighted by Gasteiger charge is -2.18. The molecule has 3 rings (SSSR count). The molecule has 1 aromatic heterocycles. The van der Waals surface area contributed by atoms with Crippen LogP contribution in [0.25, 0.3) is 10.8 Å². The van der Waals surface area contributed by atoms with Crippen molar-refractivity contribution >= 4 is 16.7 Å². The smallest absolute Gasteiger partial charge is 0.261 e. The van der Waals surface area contributed by atoms with E-state index in [-0.39, 0.29) is 5.91 Å². The zero-order chi connectivity index (χ0) is 16.8. The molecule has 0 spiro atoms. The summed E-state index contributed by atoms with van der Waals surface area (Å²) in [6.45, 7) is 2.39. The lowest BCUT2D eigenvalue weighted by molar-refractivity contribution is -0.128. The molecule has 1 amide bonds. The van der Waals surface area contributed by atoms with Crippen molar-refractivity contribution in [1.29, 1.82) is 0 Å². The van der Waals surface area contributed by atoms with Gasteiger partial charge in [0, 0.05) is 24.3 Å². The van der Waals surface area contributed by atoms with E-state index in [1.807, 2.05) is 61.5 Å². The number of carbonyl (C=O) groups is 1. The van der Waals surface area contributed by atoms with Crippen LogP contribution < -0.4 is 10.1 Å². The SMILES string of the molecule is CC[C@H](Oc1cccc2ccccc12)C(=O)NCc1cccnc1. The minimum atomic E-state index is -0.521. The van der Waals surface area contributed by atoms with E-state index in [0.29, 0.717) is 13.0 Å². The Morgan fingerprint density at radius 1 is 1.12 bits per heavy atom. The largest absolute Gasteiger partial charge is 0.480 e. The predicted molar refractivity (Wildman–Crippen MR) is 94.7 cm³/mol. The molecule has 0 saturated heterocycles. The van der Waals surface area contributed by atoms with Gasteiger partial charge in [0.1, 0.15) is 5.75 Å². The summed E-state index contributed by atoms with van der Waals surface area (Å²) in [5.41, 5.74) is 0.964. The van der Waals surface area contributed by atoms with Crippen molar-refractivity contribution in [3.8, 4) is 5.75 Å². The first kappa shape index (κ1) is 16.0. The fourth-order valence-electron chi connectivity index (χ4n) is 2.58. The Hall–Kier alpha value is -2.88. The molecule has 0 fully saturated rings. The molecular weight excluding hydrogens is 300 g/mol. The second-order valence-electron chi connectivity index (χ2n) is 5.57. The summed E-state index contributed by atoms with van der Waals surface area (Å²) >= 11 is 0. The Labute approximate surface area is 141 Å². The summed E-state index contributed by atoms with van der Waals surface area (Å²) in [6.07, 6.45) is 3.53. The van der Waals surface area contributed by atoms with E-state index in [1.54, 1.807) is 12.4 Å². The molecule has 0 radical (unpaired) electrons. The number of hydrogen-bond donors (Lipinski definition) is 1. The number of amides is 1. The quantitative estimate of drug-likeness (QED) is 0.753. The number of aromatic nitrogens is 1. The maximum Gasteiger partial charge on any atom is 0.261 e. The summed E-state index contributed by atoms with van der Waals surface area (Å²) < 4.78 is 6.00. The number of rotatable bonds is 6. The molecule has 1 N–H and O–H groups in total. The number of carbonyl (C=O) groups excluding carboxylic acids is 1. The van der Waals surface area contributed by atoms with Gasteiger partial charge >= 0.3 is 0 Å². The van der Waals surface area contributed by atoms with Crippen LogP contribution in [0.1, 0.15) is 18.9 Å². The minimum absolute atomic E-state index is 0.116. The molecule has 4 nitrogen and oxygen atoms in total. The van der Waals surface area contributed by atoms with Crippen LogP contribution >= 0.6 is 0 Å². The lowest BCUT2D eigenvalue weighted by atomic mass is 10.1. The second-order valence-corrected chi connectivity index (χ2v) is 5.57. The molecule has 2 aromatic carbocycles. The van der Waals surface area contributed by atoms with Crippen LogP contribution in [0.3, 0.4) is 0 Å². The van der Waals surface area contributed by atoms with E-state index in [1.165, 1.54) is 0 Å². The highest BCUT2D eigenvalue weighted by atomic mass is 16.5. The molecule has 122 valence electrons. The van der Waals surface area contributed by atoms with E-state index in [4.69, 9.17) is 4.74 Å². The Bertz CT molecular complexity index is 813. The van der Waals surface area contributed by atoms with Gasteiger partial charge in [0.15, 0.2) is 6.10 Å². The summed E-state index contributed by atoms with van der Waals surface area (Å²) in [5.74, 6) is 0.616. The van der Waals surface area contributed by atoms with Gasteiger partial charge < -0.3 is 10.1 Å². The highest BCUT2D eigenvalue weighted by molar-refractivity contribution is 5.89. The van der Waals surface area contributed by atoms with Crippen molar-refractivity contribution in [3.63, 3.8) is 0 Å². The van der Waals surface area contributed by atoms with E-state index in [2.05, 4.69) is 10.3 Å². The Morgan fingerprint density at radius 3 is 2.75 bits per heavy atom. The third-order valence-corrected chi connectivity index (χ3v) is 3.87. The highest BCUT2D eigenvalue weighted by Crippen LogP contribution is 2.26. The molecule has 24 heavy (non-hydrogen) atoms. The Balaban J connectivity index is 1.70. The van der Waals surface area contributed by atoms with Gasteiger partial charge in [0.25, 0.3) is 5.91 Å². The molecule has 0 saturated carbocycles. The first-order valence-corrected chi connectivity index (χ1v) is 8.09. The maximum absolute atomic E-state index is 12.4. The molecular formula is C20H20N2O2. The fraction of sp³-hybridized carbons (Fsp3) is 0.200. The first-order valence-electron chi connectivity index (χ1n) is 8.09.